The molecule has 1 aliphatic rings. The van der Waals surface area contributed by atoms with Crippen LogP contribution in [0.3, 0.4) is 0 Å². The fraction of sp³-hybridized carbons (Fsp3) is 0.357. The van der Waals surface area contributed by atoms with E-state index in [1.54, 1.807) is 0 Å². The van der Waals surface area contributed by atoms with E-state index in [0.29, 0.717) is 6.42 Å². The van der Waals surface area contributed by atoms with E-state index in [2.05, 4.69) is 10.6 Å². The topological polar surface area (TPSA) is 144 Å². The van der Waals surface area contributed by atoms with Gasteiger partial charge in [0.2, 0.25) is 23.5 Å². The molecule has 0 radical (unpaired) electrons. The van der Waals surface area contributed by atoms with Gasteiger partial charge in [0, 0.05) is 18.9 Å². The molecule has 1 aromatic rings. The summed E-state index contributed by atoms with van der Waals surface area (Å²) in [4.78, 5) is 44.5. The number of nitrogens with zero attached hydrogens (tertiary/aromatic N) is 1. The van der Waals surface area contributed by atoms with E-state index >= 15 is 0 Å². The van der Waals surface area contributed by atoms with Crippen molar-refractivity contribution in [3.05, 3.63) is 39.7 Å². The van der Waals surface area contributed by atoms with Crippen LogP contribution in [0.1, 0.15) is 18.4 Å². The summed E-state index contributed by atoms with van der Waals surface area (Å²) in [5, 5.41) is 15.6. The molecule has 1 aromatic carbocycles. The zero-order chi connectivity index (χ0) is 17.9. The molecule has 10 heteroatoms. The first kappa shape index (κ1) is 17.3. The van der Waals surface area contributed by atoms with Crippen LogP contribution in [0.5, 0.6) is 0 Å². The number of nitrogens with one attached hydrogen (secondary N) is 2. The molecule has 9 nitrogen and oxygen atoms in total. The number of hydrogen-bond acceptors (Lipinski definition) is 5. The highest BCUT2D eigenvalue weighted by Crippen LogP contribution is 2.19. The van der Waals surface area contributed by atoms with Crippen molar-refractivity contribution < 1.29 is 23.7 Å². The second-order valence-electron chi connectivity index (χ2n) is 5.37. The number of halogens is 1. The predicted molar refractivity (Wildman–Crippen MR) is 79.0 cm³/mol. The van der Waals surface area contributed by atoms with E-state index in [4.69, 9.17) is 5.73 Å². The lowest BCUT2D eigenvalue weighted by atomic mass is 10.0. The molecule has 4 N–H and O–H groups in total. The summed E-state index contributed by atoms with van der Waals surface area (Å²) in [6, 6.07) is 1.27. The van der Waals surface area contributed by atoms with Gasteiger partial charge in [-0.1, -0.05) is 6.07 Å². The van der Waals surface area contributed by atoms with Gasteiger partial charge in [0.1, 0.15) is 12.1 Å². The fourth-order valence-electron chi connectivity index (χ4n) is 2.37. The normalized spacial score (nSPS) is 17.9. The van der Waals surface area contributed by atoms with E-state index in [9.17, 15) is 28.9 Å². The average molecular weight is 338 g/mol. The van der Waals surface area contributed by atoms with Crippen molar-refractivity contribution >= 4 is 23.4 Å². The molecular formula is C14H15FN4O5. The number of hydrogen-bond donors (Lipinski definition) is 3. The lowest BCUT2D eigenvalue weighted by Gasteiger charge is -2.18. The molecule has 2 atom stereocenters. The van der Waals surface area contributed by atoms with Crippen LogP contribution < -0.4 is 16.4 Å². The van der Waals surface area contributed by atoms with Crippen LogP contribution in [-0.4, -0.2) is 34.7 Å². The minimum Gasteiger partial charge on any atom is -0.368 e. The van der Waals surface area contributed by atoms with E-state index < -0.39 is 40.3 Å². The van der Waals surface area contributed by atoms with Gasteiger partial charge < -0.3 is 16.4 Å². The van der Waals surface area contributed by atoms with Gasteiger partial charge in [0.25, 0.3) is 0 Å². The van der Waals surface area contributed by atoms with Crippen molar-refractivity contribution in [2.75, 3.05) is 0 Å². The highest BCUT2D eigenvalue weighted by Gasteiger charge is 2.30. The monoisotopic (exact) mass is 338 g/mol. The number of carbonyl (C=O) groups is 3. The van der Waals surface area contributed by atoms with Crippen LogP contribution in [0.25, 0.3) is 0 Å². The third-order valence-electron chi connectivity index (χ3n) is 3.62. The summed E-state index contributed by atoms with van der Waals surface area (Å²) in [6.07, 6.45) is 0.379. The maximum Gasteiger partial charge on any atom is 0.305 e. The van der Waals surface area contributed by atoms with Crippen LogP contribution in [0, 0.1) is 15.9 Å². The first-order valence-corrected chi connectivity index (χ1v) is 7.10. The van der Waals surface area contributed by atoms with Gasteiger partial charge in [-0.3, -0.25) is 24.5 Å². The van der Waals surface area contributed by atoms with Crippen molar-refractivity contribution in [2.45, 2.75) is 31.3 Å². The van der Waals surface area contributed by atoms with E-state index in [1.165, 1.54) is 6.07 Å². The molecule has 0 saturated carbocycles. The molecule has 0 aromatic heterocycles. The average Bonchev–Trinajstić information content (AvgIpc) is 2.94. The van der Waals surface area contributed by atoms with E-state index in [0.717, 1.165) is 12.1 Å². The molecule has 0 spiro atoms. The van der Waals surface area contributed by atoms with Crippen LogP contribution in [-0.2, 0) is 20.8 Å². The lowest BCUT2D eigenvalue weighted by molar-refractivity contribution is -0.387. The quantitative estimate of drug-likeness (QED) is 0.474. The van der Waals surface area contributed by atoms with Gasteiger partial charge in [-0.15, -0.1) is 0 Å². The highest BCUT2D eigenvalue weighted by atomic mass is 19.1. The SMILES string of the molecule is NC(=O)[C@H](Cc1ccc(F)c([N+](=O)[O-])c1)NC(=O)[C@H]1CCC(=O)N1. The smallest absolute Gasteiger partial charge is 0.305 e. The zero-order valence-electron chi connectivity index (χ0n) is 12.5. The molecule has 1 saturated heterocycles. The number of primary amides is 1. The molecule has 1 fully saturated rings. The Hall–Kier alpha value is -3.04. The molecule has 24 heavy (non-hydrogen) atoms. The Morgan fingerprint density at radius 3 is 2.75 bits per heavy atom. The summed E-state index contributed by atoms with van der Waals surface area (Å²) >= 11 is 0. The Bertz CT molecular complexity index is 708. The second-order valence-corrected chi connectivity index (χ2v) is 5.37. The Morgan fingerprint density at radius 1 is 1.50 bits per heavy atom. The van der Waals surface area contributed by atoms with Crippen molar-refractivity contribution in [2.24, 2.45) is 5.73 Å². The third-order valence-corrected chi connectivity index (χ3v) is 3.62. The van der Waals surface area contributed by atoms with Crippen molar-refractivity contribution in [1.82, 2.24) is 10.6 Å². The maximum atomic E-state index is 13.3. The van der Waals surface area contributed by atoms with Gasteiger partial charge in [-0.05, 0) is 18.1 Å². The number of nitro benzene ring substituents is 1. The fourth-order valence-corrected chi connectivity index (χ4v) is 2.37. The Kier molecular flexibility index (Phi) is 5.07. The minimum absolute atomic E-state index is 0.136. The van der Waals surface area contributed by atoms with Crippen molar-refractivity contribution in [1.29, 1.82) is 0 Å². The largest absolute Gasteiger partial charge is 0.368 e. The molecule has 2 rings (SSSR count). The summed E-state index contributed by atoms with van der Waals surface area (Å²) in [5.74, 6) is -2.68. The van der Waals surface area contributed by atoms with Gasteiger partial charge in [-0.2, -0.15) is 4.39 Å². The second kappa shape index (κ2) is 7.02. The van der Waals surface area contributed by atoms with Gasteiger partial charge in [-0.25, -0.2) is 0 Å². The van der Waals surface area contributed by atoms with E-state index in [1.807, 2.05) is 0 Å². The number of rotatable bonds is 6. The first-order valence-electron chi connectivity index (χ1n) is 7.10. The third kappa shape index (κ3) is 4.03. The van der Waals surface area contributed by atoms with Crippen molar-refractivity contribution in [3.63, 3.8) is 0 Å². The molecule has 1 heterocycles. The van der Waals surface area contributed by atoms with Gasteiger partial charge in [0.15, 0.2) is 0 Å². The molecule has 0 unspecified atom stereocenters. The summed E-state index contributed by atoms with van der Waals surface area (Å²) in [5.41, 5.74) is 4.77. The molecule has 3 amide bonds. The Balaban J connectivity index is 2.10. The standard InChI is InChI=1S/C14H15FN4O5/c15-8-2-1-7(6-11(8)19(23)24)5-10(13(16)21)18-14(22)9-3-4-12(20)17-9/h1-2,6,9-10H,3-5H2,(H2,16,21)(H,17,20)(H,18,22)/t9-,10+/m1/s1. The van der Waals surface area contributed by atoms with Gasteiger partial charge in [0.05, 0.1) is 4.92 Å². The first-order chi connectivity index (χ1) is 11.3. The summed E-state index contributed by atoms with van der Waals surface area (Å²) < 4.78 is 13.3. The van der Waals surface area contributed by atoms with Crippen LogP contribution in [0.2, 0.25) is 0 Å². The van der Waals surface area contributed by atoms with Crippen LogP contribution in [0.15, 0.2) is 18.2 Å². The number of nitrogens with two attached hydrogens (primary N) is 1. The number of amides is 3. The predicted octanol–water partition coefficient (Wildman–Crippen LogP) is -0.475. The van der Waals surface area contributed by atoms with Crippen LogP contribution >= 0.6 is 0 Å². The lowest BCUT2D eigenvalue weighted by Crippen LogP contribution is -2.51. The molecule has 1 aliphatic heterocycles. The van der Waals surface area contributed by atoms with E-state index in [-0.39, 0.29) is 24.3 Å². The molecule has 128 valence electrons. The summed E-state index contributed by atoms with van der Waals surface area (Å²) in [6.45, 7) is 0. The Morgan fingerprint density at radius 2 is 2.21 bits per heavy atom. The van der Waals surface area contributed by atoms with Crippen molar-refractivity contribution in [3.8, 4) is 0 Å². The molecule has 0 bridgehead atoms. The number of nitro groups is 1. The number of benzene rings is 1. The molecule has 0 aliphatic carbocycles. The highest BCUT2D eigenvalue weighted by molar-refractivity contribution is 5.93. The van der Waals surface area contributed by atoms with Gasteiger partial charge >= 0.3 is 5.69 Å². The Labute approximate surface area is 135 Å². The summed E-state index contributed by atoms with van der Waals surface area (Å²) in [7, 11) is 0. The maximum absolute atomic E-state index is 13.3. The number of carbonyl (C=O) groups excluding carboxylic acids is 3. The minimum atomic E-state index is -1.14. The van der Waals surface area contributed by atoms with Crippen LogP contribution in [0.4, 0.5) is 10.1 Å². The zero-order valence-corrected chi connectivity index (χ0v) is 12.5. The molecular weight excluding hydrogens is 323 g/mol.